The summed E-state index contributed by atoms with van der Waals surface area (Å²) in [5.41, 5.74) is 4.59. The van der Waals surface area contributed by atoms with E-state index in [1.54, 1.807) is 0 Å². The van der Waals surface area contributed by atoms with Crippen molar-refractivity contribution in [2.45, 2.75) is 50.3 Å². The molecule has 31 heavy (non-hydrogen) atoms. The second-order valence-electron chi connectivity index (χ2n) is 7.99. The zero-order valence-corrected chi connectivity index (χ0v) is 20.1. The fraction of sp³-hybridized carbons (Fsp3) is 0.375. The highest BCUT2D eigenvalue weighted by atomic mass is 32.2. The minimum atomic E-state index is -0.0196. The van der Waals surface area contributed by atoms with E-state index in [0.29, 0.717) is 17.6 Å². The quantitative estimate of drug-likeness (QED) is 0.359. The molecule has 0 unspecified atom stereocenters. The summed E-state index contributed by atoms with van der Waals surface area (Å²) in [5.74, 6) is 0.972. The molecule has 0 fully saturated rings. The lowest BCUT2D eigenvalue weighted by Crippen LogP contribution is -2.17. The molecular formula is C24H30N4OS2. The lowest BCUT2D eigenvalue weighted by molar-refractivity contribution is -0.113. The number of nitrogens with zero attached hydrogens (tertiary/aromatic N) is 2. The maximum atomic E-state index is 12.7. The Morgan fingerprint density at radius 2 is 1.65 bits per heavy atom. The molecule has 3 aromatic rings. The van der Waals surface area contributed by atoms with Crippen LogP contribution in [0.3, 0.4) is 0 Å². The van der Waals surface area contributed by atoms with E-state index in [1.165, 1.54) is 39.8 Å². The zero-order chi connectivity index (χ0) is 22.2. The number of hydrogen-bond donors (Lipinski definition) is 2. The molecule has 5 nitrogen and oxygen atoms in total. The summed E-state index contributed by atoms with van der Waals surface area (Å²) >= 11 is 2.90. The molecule has 164 valence electrons. The fourth-order valence-electron chi connectivity index (χ4n) is 3.30. The Morgan fingerprint density at radius 3 is 2.29 bits per heavy atom. The molecule has 1 aromatic heterocycles. The van der Waals surface area contributed by atoms with Crippen LogP contribution < -0.4 is 10.6 Å². The van der Waals surface area contributed by atoms with E-state index < -0.39 is 0 Å². The van der Waals surface area contributed by atoms with Crippen molar-refractivity contribution in [2.75, 3.05) is 22.9 Å². The van der Waals surface area contributed by atoms with Crippen molar-refractivity contribution in [3.05, 3.63) is 65.2 Å². The monoisotopic (exact) mass is 454 g/mol. The Hall–Kier alpha value is -2.38. The van der Waals surface area contributed by atoms with Crippen LogP contribution in [0, 0.1) is 0 Å². The summed E-state index contributed by atoms with van der Waals surface area (Å²) in [6, 6.07) is 16.6. The van der Waals surface area contributed by atoms with Gasteiger partial charge < -0.3 is 10.6 Å². The van der Waals surface area contributed by atoms with Gasteiger partial charge in [-0.1, -0.05) is 99.3 Å². The van der Waals surface area contributed by atoms with Gasteiger partial charge in [-0.25, -0.2) is 0 Å². The van der Waals surface area contributed by atoms with Gasteiger partial charge in [-0.05, 0) is 34.9 Å². The van der Waals surface area contributed by atoms with Crippen molar-refractivity contribution in [1.82, 2.24) is 10.2 Å². The van der Waals surface area contributed by atoms with Crippen molar-refractivity contribution in [2.24, 2.45) is 0 Å². The van der Waals surface area contributed by atoms with Gasteiger partial charge in [-0.15, -0.1) is 10.2 Å². The number of thioether (sulfide) groups is 1. The van der Waals surface area contributed by atoms with Crippen molar-refractivity contribution in [3.63, 3.8) is 0 Å². The first-order valence-corrected chi connectivity index (χ1v) is 12.4. The van der Waals surface area contributed by atoms with Crippen LogP contribution >= 0.6 is 23.1 Å². The molecule has 0 saturated heterocycles. The second-order valence-corrected chi connectivity index (χ2v) is 10.2. The number of benzene rings is 2. The molecule has 1 heterocycles. The third kappa shape index (κ3) is 6.80. The SMILES string of the molecule is CC(C)c1cccc(C(C)C)c1NC(=O)CSc1nnc(NCCc2ccccc2)s1. The molecule has 3 rings (SSSR count). The third-order valence-electron chi connectivity index (χ3n) is 4.90. The summed E-state index contributed by atoms with van der Waals surface area (Å²) in [6.45, 7) is 9.40. The van der Waals surface area contributed by atoms with E-state index in [2.05, 4.69) is 78.9 Å². The van der Waals surface area contributed by atoms with Crippen molar-refractivity contribution in [1.29, 1.82) is 0 Å². The average Bonchev–Trinajstić information content (AvgIpc) is 3.20. The number of amides is 1. The lowest BCUT2D eigenvalue weighted by atomic mass is 9.92. The minimum Gasteiger partial charge on any atom is -0.360 e. The van der Waals surface area contributed by atoms with Crippen LogP contribution in [-0.2, 0) is 11.2 Å². The van der Waals surface area contributed by atoms with Gasteiger partial charge in [0.25, 0.3) is 0 Å². The fourth-order valence-corrected chi connectivity index (χ4v) is 4.87. The van der Waals surface area contributed by atoms with Gasteiger partial charge in [0.05, 0.1) is 5.75 Å². The van der Waals surface area contributed by atoms with Gasteiger partial charge in [-0.3, -0.25) is 4.79 Å². The zero-order valence-electron chi connectivity index (χ0n) is 18.5. The van der Waals surface area contributed by atoms with Gasteiger partial charge in [-0.2, -0.15) is 0 Å². The van der Waals surface area contributed by atoms with E-state index in [-0.39, 0.29) is 5.91 Å². The Morgan fingerprint density at radius 1 is 0.968 bits per heavy atom. The molecule has 0 aliphatic heterocycles. The summed E-state index contributed by atoms with van der Waals surface area (Å²) < 4.78 is 0.790. The highest BCUT2D eigenvalue weighted by Crippen LogP contribution is 2.33. The minimum absolute atomic E-state index is 0.0196. The van der Waals surface area contributed by atoms with E-state index in [0.717, 1.165) is 28.1 Å². The summed E-state index contributed by atoms with van der Waals surface area (Å²) in [6.07, 6.45) is 0.929. The van der Waals surface area contributed by atoms with Crippen LogP contribution in [0.1, 0.15) is 56.2 Å². The maximum Gasteiger partial charge on any atom is 0.234 e. The summed E-state index contributed by atoms with van der Waals surface area (Å²) in [7, 11) is 0. The molecule has 7 heteroatoms. The summed E-state index contributed by atoms with van der Waals surface area (Å²) in [5, 5.41) is 15.6. The van der Waals surface area contributed by atoms with Crippen molar-refractivity contribution in [3.8, 4) is 0 Å². The number of nitrogens with one attached hydrogen (secondary N) is 2. The first-order chi connectivity index (χ1) is 14.9. The number of para-hydroxylation sites is 1. The molecule has 0 aliphatic carbocycles. The smallest absolute Gasteiger partial charge is 0.234 e. The maximum absolute atomic E-state index is 12.7. The number of carbonyl (C=O) groups is 1. The normalized spacial score (nSPS) is 11.2. The topological polar surface area (TPSA) is 66.9 Å². The van der Waals surface area contributed by atoms with Crippen LogP contribution in [-0.4, -0.2) is 28.4 Å². The third-order valence-corrected chi connectivity index (χ3v) is 6.92. The van der Waals surface area contributed by atoms with E-state index in [9.17, 15) is 4.79 Å². The standard InChI is InChI=1S/C24H30N4OS2/c1-16(2)19-11-8-12-20(17(3)4)22(19)26-21(29)15-30-24-28-27-23(31-24)25-14-13-18-9-6-5-7-10-18/h5-12,16-17H,13-15H2,1-4H3,(H,25,27)(H,26,29). The molecule has 2 aromatic carbocycles. The van der Waals surface area contributed by atoms with Crippen LogP contribution in [0.5, 0.6) is 0 Å². The molecule has 0 bridgehead atoms. The molecule has 1 amide bonds. The Kier molecular flexibility index (Phi) is 8.49. The van der Waals surface area contributed by atoms with E-state index >= 15 is 0 Å². The molecule has 2 N–H and O–H groups in total. The predicted molar refractivity (Wildman–Crippen MR) is 133 cm³/mol. The molecule has 0 spiro atoms. The van der Waals surface area contributed by atoms with Gasteiger partial charge in [0.1, 0.15) is 0 Å². The first kappa shape index (κ1) is 23.3. The van der Waals surface area contributed by atoms with Gasteiger partial charge in [0, 0.05) is 12.2 Å². The molecule has 0 saturated carbocycles. The molecule has 0 radical (unpaired) electrons. The van der Waals surface area contributed by atoms with Crippen LogP contribution in [0.4, 0.5) is 10.8 Å². The summed E-state index contributed by atoms with van der Waals surface area (Å²) in [4.78, 5) is 12.7. The van der Waals surface area contributed by atoms with E-state index in [1.807, 2.05) is 18.2 Å². The Labute approximate surface area is 193 Å². The number of rotatable bonds is 10. The predicted octanol–water partition coefficient (Wildman–Crippen LogP) is 6.17. The Bertz CT molecular complexity index is 960. The second kappa shape index (κ2) is 11.3. The highest BCUT2D eigenvalue weighted by molar-refractivity contribution is 8.01. The van der Waals surface area contributed by atoms with Crippen LogP contribution in [0.15, 0.2) is 52.9 Å². The number of carbonyl (C=O) groups excluding carboxylic acids is 1. The van der Waals surface area contributed by atoms with Gasteiger partial charge in [0.2, 0.25) is 11.0 Å². The molecule has 0 atom stereocenters. The molecular weight excluding hydrogens is 424 g/mol. The van der Waals surface area contributed by atoms with Gasteiger partial charge in [0.15, 0.2) is 4.34 Å². The van der Waals surface area contributed by atoms with Crippen molar-refractivity contribution < 1.29 is 4.79 Å². The first-order valence-electron chi connectivity index (χ1n) is 10.6. The van der Waals surface area contributed by atoms with Gasteiger partial charge >= 0.3 is 0 Å². The highest BCUT2D eigenvalue weighted by Gasteiger charge is 2.16. The number of aromatic nitrogens is 2. The van der Waals surface area contributed by atoms with Crippen LogP contribution in [0.2, 0.25) is 0 Å². The lowest BCUT2D eigenvalue weighted by Gasteiger charge is -2.20. The van der Waals surface area contributed by atoms with Crippen LogP contribution in [0.25, 0.3) is 0 Å². The molecule has 0 aliphatic rings. The average molecular weight is 455 g/mol. The van der Waals surface area contributed by atoms with E-state index in [4.69, 9.17) is 0 Å². The number of anilines is 2. The Balaban J connectivity index is 1.53. The largest absolute Gasteiger partial charge is 0.360 e. The van der Waals surface area contributed by atoms with Crippen molar-refractivity contribution >= 4 is 39.8 Å². The number of hydrogen-bond acceptors (Lipinski definition) is 6.